The van der Waals surface area contributed by atoms with Crippen molar-refractivity contribution >= 4 is 60.1 Å². The molecule has 1 atom stereocenters. The minimum atomic E-state index is -4.63. The van der Waals surface area contributed by atoms with Crippen LogP contribution in [0.5, 0.6) is 11.5 Å². The molecule has 1 amide bonds. The van der Waals surface area contributed by atoms with Gasteiger partial charge < -0.3 is 29.8 Å². The van der Waals surface area contributed by atoms with Crippen LogP contribution in [0.15, 0.2) is 88.6 Å². The number of nitrogens with one attached hydrogen (secondary N) is 3. The number of anilines is 2. The second-order valence-corrected chi connectivity index (χ2v) is 20.4. The van der Waals surface area contributed by atoms with E-state index >= 15 is 0 Å². The molecule has 2 saturated heterocycles. The fraction of sp³-hybridized carbons (Fsp3) is 0.444. The number of sulfonamides is 1. The highest BCUT2D eigenvalue weighted by Gasteiger charge is 2.49. The smallest absolute Gasteiger partial charge is 0.312 e. The Morgan fingerprint density at radius 2 is 1.83 bits per heavy atom. The quantitative estimate of drug-likeness (QED) is 0.0700. The van der Waals surface area contributed by atoms with Crippen molar-refractivity contribution in [3.63, 3.8) is 0 Å². The Balaban J connectivity index is 0.899. The number of carbonyl (C=O) groups excluding carboxylic acids is 1. The summed E-state index contributed by atoms with van der Waals surface area (Å²) >= 11 is 3.76. The number of rotatable bonds is 12. The predicted molar refractivity (Wildman–Crippen MR) is 241 cm³/mol. The zero-order chi connectivity index (χ0) is 43.9. The Morgan fingerprint density at radius 3 is 2.59 bits per heavy atom. The summed E-state index contributed by atoms with van der Waals surface area (Å²) in [7, 11) is -4.63. The average molecular weight is 944 g/mol. The number of hydrogen-bond donors (Lipinski definition) is 4. The van der Waals surface area contributed by atoms with Gasteiger partial charge in [-0.05, 0) is 106 Å². The molecule has 3 aromatic heterocycles. The molecule has 4 aliphatic rings. The molecule has 63 heavy (non-hydrogen) atoms. The van der Waals surface area contributed by atoms with Crippen LogP contribution in [-0.2, 0) is 14.8 Å². The van der Waals surface area contributed by atoms with Crippen LogP contribution < -0.4 is 19.7 Å². The van der Waals surface area contributed by atoms with Gasteiger partial charge in [0, 0.05) is 66.1 Å². The highest BCUT2D eigenvalue weighted by atomic mass is 79.9. The molecule has 0 radical (unpaired) electrons. The van der Waals surface area contributed by atoms with Gasteiger partial charge in [-0.2, -0.15) is 0 Å². The number of pyridine rings is 2. The summed E-state index contributed by atoms with van der Waals surface area (Å²) in [5, 5.41) is 26.2. The Bertz CT molecular complexity index is 2620. The van der Waals surface area contributed by atoms with Crippen molar-refractivity contribution < 1.29 is 32.7 Å². The number of aromatic nitrogens is 3. The molecule has 16 nitrogen and oxygen atoms in total. The molecular formula is C45H51BrN8O8S. The first kappa shape index (κ1) is 43.1. The van der Waals surface area contributed by atoms with Crippen molar-refractivity contribution in [3.05, 3.63) is 105 Å². The van der Waals surface area contributed by atoms with Gasteiger partial charge in [-0.3, -0.25) is 19.8 Å². The standard InChI is InChI=1S/C45H51BrN8O8S/c1-44(56)11-8-29(9-12-44)25-48-42-38(54(57)58)22-34(27-50-42)63(59,60)51-43(55)36-7-6-31(21-40(36)62-33-20-30-10-15-47-41(30)49-26-33)52-16-13-45(14-17-52)23-32(24-45)53-18-19-61-28-39(53)35-4-2-3-5-37(35)46/h2-7,10,15,20-22,26-27,29,32,39,56H,8-9,11-14,16-19,23-25,28H2,1H3,(H,47,49)(H,48,50)(H,51,55)/t29?,39-,44?/m1/s1. The van der Waals surface area contributed by atoms with Crippen molar-refractivity contribution in [3.8, 4) is 11.5 Å². The van der Waals surface area contributed by atoms with Crippen molar-refractivity contribution in [1.82, 2.24) is 24.6 Å². The van der Waals surface area contributed by atoms with Crippen LogP contribution >= 0.6 is 15.9 Å². The Labute approximate surface area is 374 Å². The van der Waals surface area contributed by atoms with E-state index in [2.05, 4.69) is 68.9 Å². The number of ether oxygens (including phenoxy) is 2. The first-order valence-corrected chi connectivity index (χ1v) is 23.8. The van der Waals surface area contributed by atoms with Crippen LogP contribution in [0.1, 0.15) is 80.3 Å². The van der Waals surface area contributed by atoms with E-state index in [1.54, 1.807) is 37.4 Å². The number of carbonyl (C=O) groups is 1. The second-order valence-electron chi connectivity index (χ2n) is 17.8. The number of benzene rings is 2. The van der Waals surface area contributed by atoms with Gasteiger partial charge >= 0.3 is 5.69 Å². The first-order valence-electron chi connectivity index (χ1n) is 21.5. The van der Waals surface area contributed by atoms with Gasteiger partial charge in [-0.25, -0.2) is 23.1 Å². The van der Waals surface area contributed by atoms with E-state index < -0.39 is 37.0 Å². The predicted octanol–water partition coefficient (Wildman–Crippen LogP) is 7.72. The first-order chi connectivity index (χ1) is 30.2. The molecule has 332 valence electrons. The zero-order valence-corrected chi connectivity index (χ0v) is 37.4. The van der Waals surface area contributed by atoms with Gasteiger partial charge in [-0.15, -0.1) is 0 Å². The fourth-order valence-electron chi connectivity index (χ4n) is 9.81. The van der Waals surface area contributed by atoms with Crippen LogP contribution in [0, 0.1) is 21.4 Å². The summed E-state index contributed by atoms with van der Waals surface area (Å²) in [5.74, 6) is -0.423. The molecule has 2 aliphatic heterocycles. The molecule has 2 aromatic carbocycles. The second kappa shape index (κ2) is 17.4. The summed E-state index contributed by atoms with van der Waals surface area (Å²) in [6, 6.07) is 18.7. The Hall–Kier alpha value is -5.14. The van der Waals surface area contributed by atoms with E-state index in [0.29, 0.717) is 43.4 Å². The molecule has 9 rings (SSSR count). The maximum atomic E-state index is 13.9. The van der Waals surface area contributed by atoms with E-state index in [9.17, 15) is 28.4 Å². The third kappa shape index (κ3) is 9.27. The Morgan fingerprint density at radius 1 is 1.05 bits per heavy atom. The number of piperidine rings is 1. The minimum Gasteiger partial charge on any atom is -0.455 e. The van der Waals surface area contributed by atoms with Crippen LogP contribution in [0.25, 0.3) is 11.0 Å². The summed E-state index contributed by atoms with van der Waals surface area (Å²) in [4.78, 5) is 41.3. The molecule has 2 saturated carbocycles. The van der Waals surface area contributed by atoms with Crippen molar-refractivity contribution in [2.45, 2.75) is 80.9 Å². The monoisotopic (exact) mass is 942 g/mol. The lowest BCUT2D eigenvalue weighted by molar-refractivity contribution is -0.384. The molecule has 5 heterocycles. The van der Waals surface area contributed by atoms with Crippen molar-refractivity contribution in [1.29, 1.82) is 0 Å². The molecule has 18 heteroatoms. The number of nitro groups is 1. The molecule has 1 spiro atoms. The topological polar surface area (TPSA) is 205 Å². The van der Waals surface area contributed by atoms with E-state index in [1.807, 2.05) is 12.1 Å². The van der Waals surface area contributed by atoms with Crippen LogP contribution in [0.2, 0.25) is 0 Å². The molecule has 4 N–H and O–H groups in total. The molecular weight excluding hydrogens is 893 g/mol. The minimum absolute atomic E-state index is 0.0517. The zero-order valence-electron chi connectivity index (χ0n) is 35.0. The number of aromatic amines is 1. The number of morpholine rings is 1. The fourth-order valence-corrected chi connectivity index (χ4v) is 11.3. The number of hydrogen-bond acceptors (Lipinski definition) is 13. The average Bonchev–Trinajstić information content (AvgIpc) is 3.73. The van der Waals surface area contributed by atoms with E-state index in [4.69, 9.17) is 9.47 Å². The van der Waals surface area contributed by atoms with Gasteiger partial charge in [0.05, 0.1) is 47.7 Å². The summed E-state index contributed by atoms with van der Waals surface area (Å²) in [6.07, 6.45) is 11.2. The third-order valence-electron chi connectivity index (χ3n) is 13.6. The molecule has 0 bridgehead atoms. The highest BCUT2D eigenvalue weighted by molar-refractivity contribution is 9.10. The third-order valence-corrected chi connectivity index (χ3v) is 15.6. The van der Waals surface area contributed by atoms with Gasteiger partial charge in [0.15, 0.2) is 0 Å². The van der Waals surface area contributed by atoms with Gasteiger partial charge in [0.1, 0.15) is 22.0 Å². The number of amides is 1. The lowest BCUT2D eigenvalue weighted by Gasteiger charge is -2.57. The lowest BCUT2D eigenvalue weighted by Crippen LogP contribution is -2.57. The number of fused-ring (bicyclic) bond motifs is 1. The summed E-state index contributed by atoms with van der Waals surface area (Å²) in [5.41, 5.74) is 1.68. The van der Waals surface area contributed by atoms with E-state index in [-0.39, 0.29) is 34.5 Å². The largest absolute Gasteiger partial charge is 0.455 e. The maximum Gasteiger partial charge on any atom is 0.312 e. The maximum absolute atomic E-state index is 13.9. The highest BCUT2D eigenvalue weighted by Crippen LogP contribution is 2.53. The van der Waals surface area contributed by atoms with Gasteiger partial charge in [0.25, 0.3) is 15.9 Å². The van der Waals surface area contributed by atoms with Crippen LogP contribution in [0.4, 0.5) is 17.2 Å². The van der Waals surface area contributed by atoms with Crippen molar-refractivity contribution in [2.24, 2.45) is 11.3 Å². The number of halogens is 1. The number of nitrogens with zero attached hydrogens (tertiary/aromatic N) is 5. The van der Waals surface area contributed by atoms with Crippen molar-refractivity contribution in [2.75, 3.05) is 49.6 Å². The SMILES string of the molecule is CC1(O)CCC(CNc2ncc(S(=O)(=O)NC(=O)c3ccc(N4CCC5(CC4)CC(N4CCOC[C@@H]4c4ccccc4Br)C5)cc3Oc3cnc4[nH]ccc4c3)cc2[N+](=O)[O-])CC1. The normalized spacial score (nSPS) is 23.0. The lowest BCUT2D eigenvalue weighted by atomic mass is 9.59. The molecule has 2 aliphatic carbocycles. The number of H-pyrrole nitrogens is 1. The summed E-state index contributed by atoms with van der Waals surface area (Å²) < 4.78 is 42.8. The Kier molecular flexibility index (Phi) is 11.9. The molecule has 0 unspecified atom stereocenters. The van der Waals surface area contributed by atoms with E-state index in [0.717, 1.165) is 92.6 Å². The number of aliphatic hydroxyl groups is 1. The van der Waals surface area contributed by atoms with Gasteiger partial charge in [0.2, 0.25) is 5.82 Å². The summed E-state index contributed by atoms with van der Waals surface area (Å²) in [6.45, 7) is 6.10. The molecule has 4 fully saturated rings. The van der Waals surface area contributed by atoms with E-state index in [1.165, 1.54) is 11.8 Å². The van der Waals surface area contributed by atoms with Gasteiger partial charge in [-0.1, -0.05) is 34.1 Å². The van der Waals surface area contributed by atoms with Crippen LogP contribution in [0.3, 0.4) is 0 Å². The van der Waals surface area contributed by atoms with Crippen LogP contribution in [-0.4, -0.2) is 95.2 Å². The molecule has 5 aromatic rings.